The lowest BCUT2D eigenvalue weighted by Crippen LogP contribution is -2.76. The maximum Gasteiger partial charge on any atom is 0.323 e. The van der Waals surface area contributed by atoms with E-state index in [0.717, 1.165) is 16.9 Å². The van der Waals surface area contributed by atoms with Crippen LogP contribution in [0, 0.1) is 5.41 Å². The zero-order valence-corrected chi connectivity index (χ0v) is 15.9. The summed E-state index contributed by atoms with van der Waals surface area (Å²) in [7, 11) is 0. The van der Waals surface area contributed by atoms with E-state index in [2.05, 4.69) is 31.1 Å². The summed E-state index contributed by atoms with van der Waals surface area (Å²) in [6.45, 7) is 4.43. The SMILES string of the molecule is C[C@@H]1CN2c3ccc(-n4cnnn4)cc3C[C@@]3(C(=O)NC(=O)NC3O)[C@H]2[C@H](C)O1. The number of aromatic nitrogens is 4. The van der Waals surface area contributed by atoms with E-state index in [0.29, 0.717) is 6.54 Å². The number of amides is 3. The molecule has 5 rings (SSSR count). The number of fused-ring (bicyclic) bond motifs is 4. The Morgan fingerprint density at radius 2 is 2.14 bits per heavy atom. The van der Waals surface area contributed by atoms with Crippen molar-refractivity contribution in [1.29, 1.82) is 0 Å². The third-order valence-electron chi connectivity index (χ3n) is 6.08. The van der Waals surface area contributed by atoms with Gasteiger partial charge in [0.2, 0.25) is 5.91 Å². The molecule has 1 unspecified atom stereocenters. The maximum absolute atomic E-state index is 13.1. The number of hydrogen-bond donors (Lipinski definition) is 3. The summed E-state index contributed by atoms with van der Waals surface area (Å²) in [6.07, 6.45) is -0.0111. The number of urea groups is 1. The highest BCUT2D eigenvalue weighted by Gasteiger charge is 2.62. The van der Waals surface area contributed by atoms with Crippen LogP contribution >= 0.6 is 0 Å². The summed E-state index contributed by atoms with van der Waals surface area (Å²) in [5.41, 5.74) is 1.28. The molecule has 0 aliphatic carbocycles. The van der Waals surface area contributed by atoms with Gasteiger partial charge in [0, 0.05) is 12.2 Å². The van der Waals surface area contributed by atoms with Crippen LogP contribution in [-0.2, 0) is 16.0 Å². The normalized spacial score (nSPS) is 33.7. The highest BCUT2D eigenvalue weighted by atomic mass is 16.5. The van der Waals surface area contributed by atoms with Crippen LogP contribution in [-0.4, -0.2) is 68.3 Å². The van der Waals surface area contributed by atoms with Crippen molar-refractivity contribution in [2.24, 2.45) is 5.41 Å². The molecule has 3 N–H and O–H groups in total. The van der Waals surface area contributed by atoms with Crippen LogP contribution in [0.4, 0.5) is 10.5 Å². The molecule has 0 radical (unpaired) electrons. The number of tetrazole rings is 1. The number of aliphatic hydroxyl groups excluding tert-OH is 1. The fourth-order valence-corrected chi connectivity index (χ4v) is 5.01. The first-order valence-corrected chi connectivity index (χ1v) is 9.48. The Morgan fingerprint density at radius 1 is 1.31 bits per heavy atom. The van der Waals surface area contributed by atoms with Crippen LogP contribution in [0.1, 0.15) is 19.4 Å². The van der Waals surface area contributed by atoms with E-state index in [1.165, 1.54) is 11.0 Å². The van der Waals surface area contributed by atoms with Gasteiger partial charge in [-0.3, -0.25) is 10.1 Å². The van der Waals surface area contributed by atoms with Gasteiger partial charge >= 0.3 is 6.03 Å². The zero-order valence-electron chi connectivity index (χ0n) is 15.9. The lowest BCUT2D eigenvalue weighted by Gasteiger charge is -2.57. The molecule has 0 bridgehead atoms. The number of nitrogens with one attached hydrogen (secondary N) is 2. The van der Waals surface area contributed by atoms with E-state index in [9.17, 15) is 14.7 Å². The molecule has 3 aliphatic rings. The molecule has 1 aromatic heterocycles. The minimum atomic E-state index is -1.35. The summed E-state index contributed by atoms with van der Waals surface area (Å²) in [5.74, 6) is -0.507. The Labute approximate surface area is 166 Å². The van der Waals surface area contributed by atoms with E-state index in [1.807, 2.05) is 32.0 Å². The highest BCUT2D eigenvalue weighted by Crippen LogP contribution is 2.48. The smallest absolute Gasteiger partial charge is 0.323 e. The monoisotopic (exact) mass is 399 g/mol. The molecule has 1 spiro atoms. The zero-order chi connectivity index (χ0) is 20.3. The van der Waals surface area contributed by atoms with Gasteiger partial charge in [-0.25, -0.2) is 9.48 Å². The van der Waals surface area contributed by atoms with Gasteiger partial charge in [-0.2, -0.15) is 0 Å². The van der Waals surface area contributed by atoms with Gasteiger partial charge in [0.05, 0.1) is 23.9 Å². The molecule has 2 saturated heterocycles. The second-order valence-electron chi connectivity index (χ2n) is 7.86. The standard InChI is InChI=1S/C18H21N7O4/c1-9-7-24-13-4-3-12(25-8-19-22-23-25)5-11(13)6-18(14(24)10(2)29-9)15(26)20-17(28)21-16(18)27/h3-5,8-10,14-15,26H,6-7H2,1-2H3,(H2,20,21,27,28)/t9-,10+,14-,15?,18-/m1/s1. The number of nitrogens with zero attached hydrogens (tertiary/aromatic N) is 5. The molecule has 3 amide bonds. The molecule has 5 atom stereocenters. The summed E-state index contributed by atoms with van der Waals surface area (Å²) >= 11 is 0. The third kappa shape index (κ3) is 2.54. The van der Waals surface area contributed by atoms with Crippen LogP contribution in [0.25, 0.3) is 5.69 Å². The van der Waals surface area contributed by atoms with Crippen LogP contribution in [0.5, 0.6) is 0 Å². The van der Waals surface area contributed by atoms with Crippen LogP contribution in [0.2, 0.25) is 0 Å². The molecule has 1 aromatic carbocycles. The Hall–Kier alpha value is -3.05. The number of carbonyl (C=O) groups excluding carboxylic acids is 2. The number of imide groups is 1. The second kappa shape index (κ2) is 6.22. The Morgan fingerprint density at radius 3 is 2.86 bits per heavy atom. The number of ether oxygens (including phenoxy) is 1. The lowest BCUT2D eigenvalue weighted by atomic mass is 9.66. The topological polar surface area (TPSA) is 134 Å². The summed E-state index contributed by atoms with van der Waals surface area (Å²) in [4.78, 5) is 27.0. The first-order valence-electron chi connectivity index (χ1n) is 9.48. The van der Waals surface area contributed by atoms with Gasteiger partial charge in [-0.1, -0.05) is 0 Å². The van der Waals surface area contributed by atoms with Crippen molar-refractivity contribution in [2.75, 3.05) is 11.4 Å². The fraction of sp³-hybridized carbons (Fsp3) is 0.500. The van der Waals surface area contributed by atoms with Gasteiger partial charge in [0.1, 0.15) is 18.0 Å². The number of aliphatic hydroxyl groups is 1. The molecular weight excluding hydrogens is 378 g/mol. The van der Waals surface area contributed by atoms with Crippen molar-refractivity contribution in [1.82, 2.24) is 30.8 Å². The van der Waals surface area contributed by atoms with Crippen molar-refractivity contribution in [3.05, 3.63) is 30.1 Å². The number of carbonyl (C=O) groups is 2. The van der Waals surface area contributed by atoms with Gasteiger partial charge in [0.15, 0.2) is 0 Å². The quantitative estimate of drug-likeness (QED) is 0.576. The van der Waals surface area contributed by atoms with Gasteiger partial charge in [0.25, 0.3) is 0 Å². The molecule has 11 nitrogen and oxygen atoms in total. The first-order chi connectivity index (χ1) is 13.9. The molecule has 2 aromatic rings. The predicted molar refractivity (Wildman–Crippen MR) is 99.1 cm³/mol. The van der Waals surface area contributed by atoms with E-state index in [1.54, 1.807) is 0 Å². The second-order valence-corrected chi connectivity index (χ2v) is 7.86. The number of rotatable bonds is 1. The largest absolute Gasteiger partial charge is 0.372 e. The van der Waals surface area contributed by atoms with E-state index >= 15 is 0 Å². The van der Waals surface area contributed by atoms with E-state index < -0.39 is 29.6 Å². The fourth-order valence-electron chi connectivity index (χ4n) is 5.01. The number of anilines is 1. The van der Waals surface area contributed by atoms with Crippen molar-refractivity contribution in [2.45, 2.75) is 44.7 Å². The van der Waals surface area contributed by atoms with Gasteiger partial charge in [-0.05, 0) is 54.5 Å². The van der Waals surface area contributed by atoms with Crippen LogP contribution < -0.4 is 15.5 Å². The molecular formula is C18H21N7O4. The molecule has 2 fully saturated rings. The van der Waals surface area contributed by atoms with Crippen LogP contribution in [0.15, 0.2) is 24.5 Å². The van der Waals surface area contributed by atoms with E-state index in [4.69, 9.17) is 4.74 Å². The molecule has 0 saturated carbocycles. The Balaban J connectivity index is 1.68. The number of benzene rings is 1. The first kappa shape index (κ1) is 18.0. The molecule has 152 valence electrons. The molecule has 29 heavy (non-hydrogen) atoms. The average molecular weight is 399 g/mol. The molecule has 3 aliphatic heterocycles. The minimum Gasteiger partial charge on any atom is -0.372 e. The molecule has 4 heterocycles. The van der Waals surface area contributed by atoms with Gasteiger partial charge < -0.3 is 20.1 Å². The lowest BCUT2D eigenvalue weighted by molar-refractivity contribution is -0.155. The predicted octanol–water partition coefficient (Wildman–Crippen LogP) is -0.655. The summed E-state index contributed by atoms with van der Waals surface area (Å²) < 4.78 is 7.56. The number of hydrogen-bond acceptors (Lipinski definition) is 8. The van der Waals surface area contributed by atoms with Crippen molar-refractivity contribution in [3.63, 3.8) is 0 Å². The summed E-state index contributed by atoms with van der Waals surface area (Å²) in [6, 6.07) is 4.65. The van der Waals surface area contributed by atoms with Gasteiger partial charge in [-0.15, -0.1) is 5.10 Å². The molecule has 11 heteroatoms. The third-order valence-corrected chi connectivity index (χ3v) is 6.08. The minimum absolute atomic E-state index is 0.0539. The van der Waals surface area contributed by atoms with Crippen molar-refractivity contribution >= 4 is 17.6 Å². The van der Waals surface area contributed by atoms with Crippen molar-refractivity contribution in [3.8, 4) is 5.69 Å². The maximum atomic E-state index is 13.1. The Bertz CT molecular complexity index is 981. The number of morpholine rings is 1. The van der Waals surface area contributed by atoms with E-state index in [-0.39, 0.29) is 18.6 Å². The van der Waals surface area contributed by atoms with Crippen molar-refractivity contribution < 1.29 is 19.4 Å². The summed E-state index contributed by atoms with van der Waals surface area (Å²) in [5, 5.41) is 27.0. The Kier molecular flexibility index (Phi) is 3.87. The average Bonchev–Trinajstić information content (AvgIpc) is 3.20. The highest BCUT2D eigenvalue weighted by molar-refractivity contribution is 6.01. The van der Waals surface area contributed by atoms with Crippen LogP contribution in [0.3, 0.4) is 0 Å².